The van der Waals surface area contributed by atoms with E-state index in [9.17, 15) is 18.0 Å². The molecule has 0 aliphatic rings. The fourth-order valence-electron chi connectivity index (χ4n) is 0.976. The van der Waals surface area contributed by atoms with Crippen molar-refractivity contribution in [3.05, 3.63) is 40.7 Å². The minimum Gasteiger partial charge on any atom is -0.478 e. The minimum absolute atomic E-state index is 0.209. The van der Waals surface area contributed by atoms with Gasteiger partial charge in [-0.15, -0.1) is 0 Å². The van der Waals surface area contributed by atoms with Crippen molar-refractivity contribution in [3.8, 4) is 0 Å². The first-order valence-electron chi connectivity index (χ1n) is 3.98. The van der Waals surface area contributed by atoms with Gasteiger partial charge in [-0.2, -0.15) is 0 Å². The van der Waals surface area contributed by atoms with E-state index in [4.69, 9.17) is 5.11 Å². The Labute approximate surface area is 83.7 Å². The van der Waals surface area contributed by atoms with Crippen molar-refractivity contribution in [3.63, 3.8) is 0 Å². The summed E-state index contributed by atoms with van der Waals surface area (Å²) < 4.78 is 38.4. The van der Waals surface area contributed by atoms with Crippen LogP contribution in [0.15, 0.2) is 17.7 Å². The van der Waals surface area contributed by atoms with Crippen LogP contribution in [0.2, 0.25) is 0 Å². The molecule has 0 heterocycles. The van der Waals surface area contributed by atoms with Crippen LogP contribution in [0.1, 0.15) is 12.5 Å². The molecular weight excluding hydrogens is 209 g/mol. The largest absolute Gasteiger partial charge is 0.478 e. The molecule has 0 atom stereocenters. The van der Waals surface area contributed by atoms with Crippen LogP contribution in [0.25, 0.3) is 6.08 Å². The van der Waals surface area contributed by atoms with Crippen molar-refractivity contribution in [2.45, 2.75) is 6.92 Å². The molecule has 1 N–H and O–H groups in total. The fourth-order valence-corrected chi connectivity index (χ4v) is 0.976. The minimum atomic E-state index is -1.35. The second kappa shape index (κ2) is 4.16. The van der Waals surface area contributed by atoms with Gasteiger partial charge < -0.3 is 5.11 Å². The highest BCUT2D eigenvalue weighted by molar-refractivity contribution is 5.91. The number of hydrogen-bond donors (Lipinski definition) is 1. The topological polar surface area (TPSA) is 37.3 Å². The number of aliphatic carboxylic acids is 1. The Hall–Kier alpha value is -1.78. The van der Waals surface area contributed by atoms with Crippen LogP contribution in [0.3, 0.4) is 0 Å². The summed E-state index contributed by atoms with van der Waals surface area (Å²) >= 11 is 0. The molecule has 0 unspecified atom stereocenters. The Morgan fingerprint density at radius 2 is 1.93 bits per heavy atom. The zero-order valence-electron chi connectivity index (χ0n) is 7.72. The van der Waals surface area contributed by atoms with Crippen LogP contribution in [-0.2, 0) is 4.79 Å². The molecule has 1 aromatic carbocycles. The summed E-state index contributed by atoms with van der Waals surface area (Å²) in [6, 6.07) is 1.12. The quantitative estimate of drug-likeness (QED) is 0.609. The predicted molar refractivity (Wildman–Crippen MR) is 47.6 cm³/mol. The summed E-state index contributed by atoms with van der Waals surface area (Å²) in [4.78, 5) is 10.4. The van der Waals surface area contributed by atoms with E-state index in [-0.39, 0.29) is 5.57 Å². The van der Waals surface area contributed by atoms with E-state index >= 15 is 0 Å². The van der Waals surface area contributed by atoms with Gasteiger partial charge in [-0.1, -0.05) is 0 Å². The van der Waals surface area contributed by atoms with Gasteiger partial charge in [0, 0.05) is 17.2 Å². The molecule has 0 saturated heterocycles. The number of benzene rings is 1. The van der Waals surface area contributed by atoms with Crippen LogP contribution >= 0.6 is 0 Å². The molecule has 0 aromatic heterocycles. The van der Waals surface area contributed by atoms with Crippen molar-refractivity contribution in [1.29, 1.82) is 0 Å². The number of hydrogen-bond acceptors (Lipinski definition) is 1. The van der Waals surface area contributed by atoms with Gasteiger partial charge >= 0.3 is 5.97 Å². The molecule has 2 nitrogen and oxygen atoms in total. The number of carbonyl (C=O) groups is 1. The van der Waals surface area contributed by atoms with Crippen LogP contribution in [0.5, 0.6) is 0 Å². The molecule has 0 fully saturated rings. The molecule has 0 aliphatic carbocycles. The van der Waals surface area contributed by atoms with Crippen LogP contribution < -0.4 is 0 Å². The average molecular weight is 216 g/mol. The van der Waals surface area contributed by atoms with E-state index in [1.165, 1.54) is 6.92 Å². The smallest absolute Gasteiger partial charge is 0.331 e. The first-order chi connectivity index (χ1) is 6.91. The fraction of sp³-hybridized carbons (Fsp3) is 0.100. The van der Waals surface area contributed by atoms with Gasteiger partial charge in [0.05, 0.1) is 0 Å². The van der Waals surface area contributed by atoms with E-state index in [0.29, 0.717) is 6.07 Å². The van der Waals surface area contributed by atoms with E-state index in [0.717, 1.165) is 12.1 Å². The third-order valence-corrected chi connectivity index (χ3v) is 1.73. The highest BCUT2D eigenvalue weighted by Gasteiger charge is 2.10. The van der Waals surface area contributed by atoms with E-state index in [2.05, 4.69) is 0 Å². The van der Waals surface area contributed by atoms with Crippen molar-refractivity contribution >= 4 is 12.0 Å². The lowest BCUT2D eigenvalue weighted by molar-refractivity contribution is -0.132. The molecule has 0 radical (unpaired) electrons. The van der Waals surface area contributed by atoms with Gasteiger partial charge in [0.15, 0.2) is 11.6 Å². The highest BCUT2D eigenvalue weighted by atomic mass is 19.2. The second-order valence-corrected chi connectivity index (χ2v) is 2.92. The Morgan fingerprint density at radius 3 is 2.47 bits per heavy atom. The number of carboxylic acids is 1. The van der Waals surface area contributed by atoms with Crippen LogP contribution in [0, 0.1) is 17.5 Å². The first kappa shape index (κ1) is 11.3. The molecule has 1 rings (SSSR count). The van der Waals surface area contributed by atoms with Gasteiger partial charge in [-0.05, 0) is 19.1 Å². The van der Waals surface area contributed by atoms with Gasteiger partial charge in [0.2, 0.25) is 0 Å². The number of halogens is 3. The van der Waals surface area contributed by atoms with Gasteiger partial charge in [0.25, 0.3) is 0 Å². The van der Waals surface area contributed by atoms with Gasteiger partial charge in [-0.25, -0.2) is 18.0 Å². The summed E-state index contributed by atoms with van der Waals surface area (Å²) in [5.74, 6) is -4.85. The summed E-state index contributed by atoms with van der Waals surface area (Å²) in [5, 5.41) is 8.49. The molecular formula is C10H7F3O2. The summed E-state index contributed by atoms with van der Waals surface area (Å²) in [7, 11) is 0. The van der Waals surface area contributed by atoms with Crippen LogP contribution in [-0.4, -0.2) is 11.1 Å². The van der Waals surface area contributed by atoms with E-state index in [1.54, 1.807) is 0 Å². The third-order valence-electron chi connectivity index (χ3n) is 1.73. The highest BCUT2D eigenvalue weighted by Crippen LogP contribution is 2.17. The summed E-state index contributed by atoms with van der Waals surface area (Å²) in [6.07, 6.45) is 0.865. The van der Waals surface area contributed by atoms with Crippen molar-refractivity contribution in [1.82, 2.24) is 0 Å². The maximum Gasteiger partial charge on any atom is 0.331 e. The molecule has 0 bridgehead atoms. The number of rotatable bonds is 2. The van der Waals surface area contributed by atoms with Crippen molar-refractivity contribution in [2.75, 3.05) is 0 Å². The molecule has 80 valence electrons. The Bertz CT molecular complexity index is 439. The zero-order chi connectivity index (χ0) is 11.6. The summed E-state index contributed by atoms with van der Waals surface area (Å²) in [6.45, 7) is 1.20. The number of carboxylic acid groups (broad SMARTS) is 1. The Morgan fingerprint density at radius 1 is 1.33 bits per heavy atom. The first-order valence-corrected chi connectivity index (χ1v) is 3.98. The zero-order valence-corrected chi connectivity index (χ0v) is 7.72. The third kappa shape index (κ3) is 2.59. The molecule has 0 saturated carbocycles. The van der Waals surface area contributed by atoms with E-state index in [1.807, 2.05) is 0 Å². The molecule has 1 aromatic rings. The lowest BCUT2D eigenvalue weighted by atomic mass is 10.1. The SMILES string of the molecule is C/C(=C\c1cc(F)cc(F)c1F)C(=O)O. The van der Waals surface area contributed by atoms with Gasteiger partial charge in [-0.3, -0.25) is 0 Å². The molecule has 15 heavy (non-hydrogen) atoms. The maximum atomic E-state index is 13.0. The second-order valence-electron chi connectivity index (χ2n) is 2.92. The Kier molecular flexibility index (Phi) is 3.14. The predicted octanol–water partition coefficient (Wildman–Crippen LogP) is 2.59. The molecule has 5 heteroatoms. The average Bonchev–Trinajstić information content (AvgIpc) is 2.13. The monoisotopic (exact) mass is 216 g/mol. The van der Waals surface area contributed by atoms with Gasteiger partial charge in [0.1, 0.15) is 5.82 Å². The maximum absolute atomic E-state index is 13.0. The lowest BCUT2D eigenvalue weighted by Gasteiger charge is -2.00. The molecule has 0 spiro atoms. The van der Waals surface area contributed by atoms with Crippen molar-refractivity contribution < 1.29 is 23.1 Å². The standard InChI is InChI=1S/C10H7F3O2/c1-5(10(14)15)2-6-3-7(11)4-8(12)9(6)13/h2-4H,1H3,(H,14,15)/b5-2+. The Balaban J connectivity index is 3.26. The van der Waals surface area contributed by atoms with Crippen LogP contribution in [0.4, 0.5) is 13.2 Å². The van der Waals surface area contributed by atoms with E-state index < -0.39 is 29.0 Å². The molecule has 0 amide bonds. The molecule has 0 aliphatic heterocycles. The lowest BCUT2D eigenvalue weighted by Crippen LogP contribution is -1.98. The normalized spacial score (nSPS) is 11.6. The van der Waals surface area contributed by atoms with Crippen molar-refractivity contribution in [2.24, 2.45) is 0 Å². The summed E-state index contributed by atoms with van der Waals surface area (Å²) in [5.41, 5.74) is -0.633.